The molecule has 0 atom stereocenters. The van der Waals surface area contributed by atoms with Crippen LogP contribution in [0.5, 0.6) is 0 Å². The van der Waals surface area contributed by atoms with E-state index in [2.05, 4.69) is 25.4 Å². The maximum absolute atomic E-state index is 11.3. The number of hydrogen-bond acceptors (Lipinski definition) is 2. The van der Waals surface area contributed by atoms with Gasteiger partial charge < -0.3 is 5.32 Å². The highest BCUT2D eigenvalue weighted by atomic mass is 16.2. The molecule has 0 saturated heterocycles. The standard InChI is InChI=1S/C8H5N7O2/c9-14-12-7(16)5-3-1-2-4-6(5)11-8(17)13-15-10/h1-4H,(H,11,17). The minimum atomic E-state index is -0.964. The fourth-order valence-electron chi connectivity index (χ4n) is 1.05. The number of azide groups is 2. The number of anilines is 1. The van der Waals surface area contributed by atoms with Crippen molar-refractivity contribution in [1.82, 2.24) is 0 Å². The minimum Gasteiger partial charge on any atom is -0.320 e. The number of nitrogens with one attached hydrogen (secondary N) is 1. The second-order valence-electron chi connectivity index (χ2n) is 2.66. The third-order valence-electron chi connectivity index (χ3n) is 1.67. The first-order chi connectivity index (χ1) is 8.19. The lowest BCUT2D eigenvalue weighted by Gasteiger charge is -2.05. The number of para-hydroxylation sites is 1. The Hall–Kier alpha value is -3.02. The first-order valence-electron chi connectivity index (χ1n) is 4.23. The van der Waals surface area contributed by atoms with Crippen LogP contribution in [0.4, 0.5) is 10.5 Å². The number of rotatable bonds is 2. The molecule has 0 aromatic heterocycles. The zero-order valence-electron chi connectivity index (χ0n) is 8.31. The Balaban J connectivity index is 3.07. The van der Waals surface area contributed by atoms with E-state index >= 15 is 0 Å². The molecule has 1 N–H and O–H groups in total. The summed E-state index contributed by atoms with van der Waals surface area (Å²) in [5.41, 5.74) is 16.3. The van der Waals surface area contributed by atoms with Gasteiger partial charge in [-0.05, 0) is 28.3 Å². The molecule has 1 rings (SSSR count). The van der Waals surface area contributed by atoms with E-state index in [-0.39, 0.29) is 11.3 Å². The summed E-state index contributed by atoms with van der Waals surface area (Å²) >= 11 is 0. The van der Waals surface area contributed by atoms with Crippen molar-refractivity contribution in [3.8, 4) is 0 Å². The molecule has 1 aromatic carbocycles. The van der Waals surface area contributed by atoms with Crippen LogP contribution in [-0.4, -0.2) is 11.9 Å². The fourth-order valence-corrected chi connectivity index (χ4v) is 1.05. The van der Waals surface area contributed by atoms with Gasteiger partial charge in [0.25, 0.3) is 5.91 Å². The molecule has 0 saturated carbocycles. The summed E-state index contributed by atoms with van der Waals surface area (Å²) in [4.78, 5) is 27.0. The maximum Gasteiger partial charge on any atom is 0.312 e. The molecule has 1 aromatic rings. The van der Waals surface area contributed by atoms with E-state index in [1.54, 1.807) is 6.07 Å². The first kappa shape index (κ1) is 12.1. The van der Waals surface area contributed by atoms with Crippen molar-refractivity contribution in [2.45, 2.75) is 0 Å². The van der Waals surface area contributed by atoms with E-state index in [0.717, 1.165) is 0 Å². The van der Waals surface area contributed by atoms with Crippen molar-refractivity contribution in [2.75, 3.05) is 5.32 Å². The molecule has 0 fully saturated rings. The molecule has 0 aliphatic rings. The van der Waals surface area contributed by atoms with Crippen LogP contribution in [-0.2, 0) is 0 Å². The van der Waals surface area contributed by atoms with E-state index in [4.69, 9.17) is 11.1 Å². The Bertz CT molecular complexity index is 555. The first-order valence-corrected chi connectivity index (χ1v) is 4.23. The Morgan fingerprint density at radius 1 is 1.12 bits per heavy atom. The molecule has 0 radical (unpaired) electrons. The molecule has 0 aliphatic heterocycles. The van der Waals surface area contributed by atoms with Crippen molar-refractivity contribution in [1.29, 1.82) is 0 Å². The largest absolute Gasteiger partial charge is 0.320 e. The van der Waals surface area contributed by atoms with Crippen molar-refractivity contribution < 1.29 is 9.59 Å². The van der Waals surface area contributed by atoms with E-state index in [1.165, 1.54) is 18.2 Å². The molecule has 0 aliphatic carbocycles. The van der Waals surface area contributed by atoms with Crippen LogP contribution in [0.2, 0.25) is 0 Å². The van der Waals surface area contributed by atoms with Crippen LogP contribution in [0.25, 0.3) is 20.9 Å². The predicted octanol–water partition coefficient (Wildman–Crippen LogP) is 2.98. The maximum atomic E-state index is 11.3. The lowest BCUT2D eigenvalue weighted by atomic mass is 10.1. The number of carbonyl (C=O) groups excluding carboxylic acids is 2. The third-order valence-corrected chi connectivity index (χ3v) is 1.67. The Morgan fingerprint density at radius 2 is 1.76 bits per heavy atom. The topological polar surface area (TPSA) is 144 Å². The number of hydrogen-bond donors (Lipinski definition) is 1. The van der Waals surface area contributed by atoms with E-state index in [0.29, 0.717) is 0 Å². The minimum absolute atomic E-state index is 0.00629. The molecular formula is C8H5N7O2. The van der Waals surface area contributed by atoms with Gasteiger partial charge in [0.2, 0.25) is 0 Å². The van der Waals surface area contributed by atoms with E-state index in [9.17, 15) is 9.59 Å². The number of amides is 3. The van der Waals surface area contributed by atoms with Gasteiger partial charge in [-0.25, -0.2) is 0 Å². The summed E-state index contributed by atoms with van der Waals surface area (Å²) in [6, 6.07) is 4.89. The van der Waals surface area contributed by atoms with Gasteiger partial charge in [0, 0.05) is 20.5 Å². The molecule has 9 heteroatoms. The number of benzene rings is 1. The number of carbonyl (C=O) groups is 2. The Morgan fingerprint density at radius 3 is 2.41 bits per heavy atom. The van der Waals surface area contributed by atoms with E-state index < -0.39 is 11.9 Å². The van der Waals surface area contributed by atoms with Gasteiger partial charge in [-0.2, -0.15) is 0 Å². The highest BCUT2D eigenvalue weighted by Gasteiger charge is 2.10. The lowest BCUT2D eigenvalue weighted by molar-refractivity contribution is 0.100. The molecule has 0 spiro atoms. The summed E-state index contributed by atoms with van der Waals surface area (Å²) in [5, 5.41) is 7.87. The van der Waals surface area contributed by atoms with Crippen LogP contribution in [0.3, 0.4) is 0 Å². The monoisotopic (exact) mass is 231 g/mol. The van der Waals surface area contributed by atoms with Gasteiger partial charge in [-0.15, -0.1) is 0 Å². The zero-order chi connectivity index (χ0) is 12.7. The normalized spacial score (nSPS) is 8.47. The quantitative estimate of drug-likeness (QED) is 0.473. The van der Waals surface area contributed by atoms with Crippen molar-refractivity contribution in [3.05, 3.63) is 50.7 Å². The highest BCUT2D eigenvalue weighted by Crippen LogP contribution is 2.16. The van der Waals surface area contributed by atoms with Crippen LogP contribution in [0.15, 0.2) is 34.5 Å². The molecule has 0 unspecified atom stereocenters. The molecule has 9 nitrogen and oxygen atoms in total. The fraction of sp³-hybridized carbons (Fsp3) is 0. The van der Waals surface area contributed by atoms with Gasteiger partial charge in [0.05, 0.1) is 5.69 Å². The predicted molar refractivity (Wildman–Crippen MR) is 58.1 cm³/mol. The molecule has 0 bridgehead atoms. The van der Waals surface area contributed by atoms with Crippen molar-refractivity contribution in [3.63, 3.8) is 0 Å². The average molecular weight is 231 g/mol. The Labute approximate surface area is 94.3 Å². The van der Waals surface area contributed by atoms with Crippen molar-refractivity contribution >= 4 is 17.6 Å². The molecule has 3 amide bonds. The van der Waals surface area contributed by atoms with Gasteiger partial charge in [-0.3, -0.25) is 9.59 Å². The average Bonchev–Trinajstić information content (AvgIpc) is 2.30. The summed E-state index contributed by atoms with van der Waals surface area (Å²) in [6.07, 6.45) is 0. The third kappa shape index (κ3) is 3.24. The van der Waals surface area contributed by atoms with Gasteiger partial charge in [0.1, 0.15) is 0 Å². The SMILES string of the molecule is [N-]=[N+]=NC(=O)Nc1ccccc1C(=O)N=[N+]=[N-]. The summed E-state index contributed by atoms with van der Waals surface area (Å²) in [7, 11) is 0. The number of urea groups is 1. The van der Waals surface area contributed by atoms with Crippen LogP contribution >= 0.6 is 0 Å². The van der Waals surface area contributed by atoms with Gasteiger partial charge in [0.15, 0.2) is 0 Å². The smallest absolute Gasteiger partial charge is 0.312 e. The van der Waals surface area contributed by atoms with Crippen molar-refractivity contribution in [2.24, 2.45) is 10.2 Å². The molecule has 84 valence electrons. The summed E-state index contributed by atoms with van der Waals surface area (Å²) in [5.74, 6) is -0.843. The summed E-state index contributed by atoms with van der Waals surface area (Å²) < 4.78 is 0. The Kier molecular flexibility index (Phi) is 4.09. The van der Waals surface area contributed by atoms with Gasteiger partial charge in [-0.1, -0.05) is 12.1 Å². The second-order valence-corrected chi connectivity index (χ2v) is 2.66. The number of nitrogens with zero attached hydrogens (tertiary/aromatic N) is 6. The lowest BCUT2D eigenvalue weighted by Crippen LogP contribution is -2.09. The van der Waals surface area contributed by atoms with Crippen LogP contribution in [0.1, 0.15) is 10.4 Å². The van der Waals surface area contributed by atoms with Crippen LogP contribution in [0, 0.1) is 0 Å². The molecule has 0 heterocycles. The van der Waals surface area contributed by atoms with Crippen LogP contribution < -0.4 is 5.32 Å². The zero-order valence-corrected chi connectivity index (χ0v) is 8.31. The molecular weight excluding hydrogens is 226 g/mol. The highest BCUT2D eigenvalue weighted by molar-refractivity contribution is 6.03. The second kappa shape index (κ2) is 5.76. The summed E-state index contributed by atoms with van der Waals surface area (Å²) in [6.45, 7) is 0. The van der Waals surface area contributed by atoms with Gasteiger partial charge >= 0.3 is 6.03 Å². The van der Waals surface area contributed by atoms with E-state index in [1.807, 2.05) is 0 Å². The molecule has 17 heavy (non-hydrogen) atoms.